The van der Waals surface area contributed by atoms with E-state index in [1.165, 1.54) is 19.3 Å². The van der Waals surface area contributed by atoms with Gasteiger partial charge in [-0.25, -0.2) is 0 Å². The molecule has 0 aliphatic heterocycles. The Bertz CT molecular complexity index is 142. The molecule has 1 unspecified atom stereocenters. The van der Waals surface area contributed by atoms with E-state index in [9.17, 15) is 0 Å². The Hall–Kier alpha value is -0.520. The summed E-state index contributed by atoms with van der Waals surface area (Å²) >= 11 is 0. The zero-order valence-corrected chi connectivity index (χ0v) is 8.77. The van der Waals surface area contributed by atoms with Gasteiger partial charge in [0.2, 0.25) is 0 Å². The summed E-state index contributed by atoms with van der Waals surface area (Å²) in [6.45, 7) is 10.5. The van der Waals surface area contributed by atoms with E-state index in [0.29, 0.717) is 0 Å². The highest BCUT2D eigenvalue weighted by atomic mass is 14.1. The van der Waals surface area contributed by atoms with E-state index >= 15 is 0 Å². The van der Waals surface area contributed by atoms with Crippen molar-refractivity contribution in [3.05, 3.63) is 24.3 Å². The van der Waals surface area contributed by atoms with Crippen LogP contribution in [0.2, 0.25) is 0 Å². The van der Waals surface area contributed by atoms with Crippen LogP contribution in [-0.2, 0) is 0 Å². The van der Waals surface area contributed by atoms with Gasteiger partial charge in [-0.2, -0.15) is 0 Å². The Morgan fingerprint density at radius 3 is 2.58 bits per heavy atom. The molecule has 0 heteroatoms. The Morgan fingerprint density at radius 2 is 2.17 bits per heavy atom. The van der Waals surface area contributed by atoms with Gasteiger partial charge in [0, 0.05) is 0 Å². The van der Waals surface area contributed by atoms with Gasteiger partial charge in [-0.1, -0.05) is 38.0 Å². The van der Waals surface area contributed by atoms with Gasteiger partial charge < -0.3 is 0 Å². The van der Waals surface area contributed by atoms with E-state index in [2.05, 4.69) is 33.4 Å². The Kier molecular flexibility index (Phi) is 6.84. The van der Waals surface area contributed by atoms with Crippen molar-refractivity contribution in [2.75, 3.05) is 0 Å². The van der Waals surface area contributed by atoms with Crippen LogP contribution < -0.4 is 0 Å². The fraction of sp³-hybridized carbons (Fsp3) is 0.667. The Morgan fingerprint density at radius 1 is 1.50 bits per heavy atom. The SMILES string of the molecule is C=CCCC(=CC)C(C)CCC. The number of rotatable bonds is 6. The first-order chi connectivity index (χ1) is 5.76. The van der Waals surface area contributed by atoms with E-state index in [1.807, 2.05) is 6.08 Å². The van der Waals surface area contributed by atoms with E-state index in [0.717, 1.165) is 12.3 Å². The highest BCUT2D eigenvalue weighted by molar-refractivity contribution is 5.05. The lowest BCUT2D eigenvalue weighted by Crippen LogP contribution is -1.98. The zero-order chi connectivity index (χ0) is 9.40. The third kappa shape index (κ3) is 4.38. The zero-order valence-electron chi connectivity index (χ0n) is 8.77. The van der Waals surface area contributed by atoms with Gasteiger partial charge in [0.05, 0.1) is 0 Å². The minimum absolute atomic E-state index is 0.764. The number of hydrogen-bond donors (Lipinski definition) is 0. The molecule has 0 heterocycles. The molecule has 0 N–H and O–H groups in total. The van der Waals surface area contributed by atoms with Crippen LogP contribution in [0, 0.1) is 5.92 Å². The molecule has 0 fully saturated rings. The highest BCUT2D eigenvalue weighted by Gasteiger charge is 2.05. The van der Waals surface area contributed by atoms with Crippen LogP contribution in [-0.4, -0.2) is 0 Å². The van der Waals surface area contributed by atoms with Gasteiger partial charge >= 0.3 is 0 Å². The average molecular weight is 166 g/mol. The third-order valence-electron chi connectivity index (χ3n) is 2.36. The predicted molar refractivity (Wildman–Crippen MR) is 57.3 cm³/mol. The van der Waals surface area contributed by atoms with Crippen molar-refractivity contribution < 1.29 is 0 Å². The van der Waals surface area contributed by atoms with Crippen LogP contribution >= 0.6 is 0 Å². The average Bonchev–Trinajstić information content (AvgIpc) is 2.06. The molecule has 0 saturated heterocycles. The van der Waals surface area contributed by atoms with Gasteiger partial charge in [-0.05, 0) is 32.1 Å². The lowest BCUT2D eigenvalue weighted by molar-refractivity contribution is 0.579. The van der Waals surface area contributed by atoms with Crippen molar-refractivity contribution in [1.29, 1.82) is 0 Å². The summed E-state index contributed by atoms with van der Waals surface area (Å²) in [7, 11) is 0. The molecule has 0 bridgehead atoms. The van der Waals surface area contributed by atoms with Crippen molar-refractivity contribution in [3.8, 4) is 0 Å². The summed E-state index contributed by atoms with van der Waals surface area (Å²) in [5, 5.41) is 0. The second-order valence-electron chi connectivity index (χ2n) is 3.38. The third-order valence-corrected chi connectivity index (χ3v) is 2.36. The summed E-state index contributed by atoms with van der Waals surface area (Å²) in [6, 6.07) is 0. The maximum atomic E-state index is 3.75. The van der Waals surface area contributed by atoms with E-state index in [1.54, 1.807) is 5.57 Å². The maximum absolute atomic E-state index is 3.75. The minimum atomic E-state index is 0.764. The number of hydrogen-bond acceptors (Lipinski definition) is 0. The van der Waals surface area contributed by atoms with Crippen LogP contribution in [0.5, 0.6) is 0 Å². The molecule has 1 atom stereocenters. The molecule has 0 saturated carbocycles. The van der Waals surface area contributed by atoms with Gasteiger partial charge in [0.15, 0.2) is 0 Å². The second kappa shape index (κ2) is 7.15. The number of allylic oxidation sites excluding steroid dienone is 3. The highest BCUT2D eigenvalue weighted by Crippen LogP contribution is 2.20. The second-order valence-corrected chi connectivity index (χ2v) is 3.38. The summed E-state index contributed by atoms with van der Waals surface area (Å²) in [6.07, 6.45) is 9.18. The smallest absolute Gasteiger partial charge is 0.0232 e. The van der Waals surface area contributed by atoms with Crippen molar-refractivity contribution in [3.63, 3.8) is 0 Å². The van der Waals surface area contributed by atoms with E-state index in [4.69, 9.17) is 0 Å². The van der Waals surface area contributed by atoms with Gasteiger partial charge in [-0.3, -0.25) is 0 Å². The van der Waals surface area contributed by atoms with Gasteiger partial charge in [0.1, 0.15) is 0 Å². The van der Waals surface area contributed by atoms with E-state index < -0.39 is 0 Å². The van der Waals surface area contributed by atoms with Gasteiger partial charge in [-0.15, -0.1) is 6.58 Å². The molecule has 0 aromatic rings. The fourth-order valence-corrected chi connectivity index (χ4v) is 1.56. The lowest BCUT2D eigenvalue weighted by Gasteiger charge is -2.13. The monoisotopic (exact) mass is 166 g/mol. The molecule has 0 amide bonds. The van der Waals surface area contributed by atoms with Crippen LogP contribution in [0.15, 0.2) is 24.3 Å². The molecule has 0 aromatic heterocycles. The van der Waals surface area contributed by atoms with Crippen molar-refractivity contribution in [2.45, 2.75) is 46.5 Å². The molecule has 0 nitrogen and oxygen atoms in total. The summed E-state index contributed by atoms with van der Waals surface area (Å²) in [5.74, 6) is 0.764. The minimum Gasteiger partial charge on any atom is -0.103 e. The topological polar surface area (TPSA) is 0 Å². The normalized spacial score (nSPS) is 14.4. The fourth-order valence-electron chi connectivity index (χ4n) is 1.56. The molecule has 0 spiro atoms. The summed E-state index contributed by atoms with van der Waals surface area (Å²) < 4.78 is 0. The van der Waals surface area contributed by atoms with Crippen LogP contribution in [0.4, 0.5) is 0 Å². The quantitative estimate of drug-likeness (QED) is 0.515. The van der Waals surface area contributed by atoms with Crippen molar-refractivity contribution >= 4 is 0 Å². The summed E-state index contributed by atoms with van der Waals surface area (Å²) in [5.41, 5.74) is 1.59. The van der Waals surface area contributed by atoms with Crippen LogP contribution in [0.3, 0.4) is 0 Å². The molecule has 12 heavy (non-hydrogen) atoms. The Labute approximate surface area is 77.4 Å². The van der Waals surface area contributed by atoms with Crippen molar-refractivity contribution in [1.82, 2.24) is 0 Å². The first-order valence-corrected chi connectivity index (χ1v) is 5.02. The molecular formula is C12H22. The van der Waals surface area contributed by atoms with Crippen molar-refractivity contribution in [2.24, 2.45) is 5.92 Å². The molecule has 0 aromatic carbocycles. The molecule has 0 rings (SSSR count). The van der Waals surface area contributed by atoms with E-state index in [-0.39, 0.29) is 0 Å². The molecule has 0 aliphatic carbocycles. The largest absolute Gasteiger partial charge is 0.103 e. The standard InChI is InChI=1S/C12H22/c1-5-8-10-12(7-3)11(4)9-6-2/h5,7,11H,1,6,8-10H2,2-4H3. The summed E-state index contributed by atoms with van der Waals surface area (Å²) in [4.78, 5) is 0. The maximum Gasteiger partial charge on any atom is -0.0232 e. The Balaban J connectivity index is 3.88. The first-order valence-electron chi connectivity index (χ1n) is 5.02. The molecule has 70 valence electrons. The first kappa shape index (κ1) is 11.5. The predicted octanol–water partition coefficient (Wildman–Crippen LogP) is 4.34. The van der Waals surface area contributed by atoms with Crippen LogP contribution in [0.1, 0.15) is 46.5 Å². The molecular weight excluding hydrogens is 144 g/mol. The van der Waals surface area contributed by atoms with Crippen LogP contribution in [0.25, 0.3) is 0 Å². The van der Waals surface area contributed by atoms with Gasteiger partial charge in [0.25, 0.3) is 0 Å². The molecule has 0 aliphatic rings. The molecule has 0 radical (unpaired) electrons. The lowest BCUT2D eigenvalue weighted by atomic mass is 9.93.